The second kappa shape index (κ2) is 4.33. The third-order valence-corrected chi connectivity index (χ3v) is 3.44. The average molecular weight is 236 g/mol. The van der Waals surface area contributed by atoms with E-state index >= 15 is 0 Å². The molecule has 0 spiro atoms. The topological polar surface area (TPSA) is 72.6 Å². The summed E-state index contributed by atoms with van der Waals surface area (Å²) in [6.07, 6.45) is 4.21. The third kappa shape index (κ3) is 1.76. The summed E-state index contributed by atoms with van der Waals surface area (Å²) in [6.45, 7) is 0.356. The van der Waals surface area contributed by atoms with Crippen molar-refractivity contribution in [3.8, 4) is 0 Å². The molecular formula is C12H16N2O3. The maximum absolute atomic E-state index is 12.1. The van der Waals surface area contributed by atoms with Crippen LogP contribution in [0.3, 0.4) is 0 Å². The van der Waals surface area contributed by atoms with E-state index in [1.165, 1.54) is 12.0 Å². The van der Waals surface area contributed by atoms with E-state index in [-0.39, 0.29) is 23.7 Å². The SMILES string of the molecule is COC(=O)C1=CN(C)C(=O)C2C(CN)=CCC12. The normalized spacial score (nSPS) is 27.5. The highest BCUT2D eigenvalue weighted by molar-refractivity contribution is 5.95. The molecule has 5 nitrogen and oxygen atoms in total. The Labute approximate surface area is 99.9 Å². The fraction of sp³-hybridized carbons (Fsp3) is 0.500. The Bertz CT molecular complexity index is 425. The average Bonchev–Trinajstić information content (AvgIpc) is 2.76. The molecule has 1 aliphatic carbocycles. The van der Waals surface area contributed by atoms with Gasteiger partial charge in [0.2, 0.25) is 5.91 Å². The van der Waals surface area contributed by atoms with Gasteiger partial charge in [-0.25, -0.2) is 4.79 Å². The summed E-state index contributed by atoms with van der Waals surface area (Å²) in [5.41, 5.74) is 7.10. The third-order valence-electron chi connectivity index (χ3n) is 3.44. The summed E-state index contributed by atoms with van der Waals surface area (Å²) < 4.78 is 4.75. The molecular weight excluding hydrogens is 220 g/mol. The molecule has 1 aliphatic heterocycles. The lowest BCUT2D eigenvalue weighted by Gasteiger charge is -2.31. The summed E-state index contributed by atoms with van der Waals surface area (Å²) in [4.78, 5) is 25.2. The van der Waals surface area contributed by atoms with Crippen molar-refractivity contribution in [2.24, 2.45) is 17.6 Å². The Morgan fingerprint density at radius 2 is 2.35 bits per heavy atom. The maximum Gasteiger partial charge on any atom is 0.335 e. The van der Waals surface area contributed by atoms with Crippen molar-refractivity contribution in [2.75, 3.05) is 20.7 Å². The number of methoxy groups -OCH3 is 1. The fourth-order valence-corrected chi connectivity index (χ4v) is 2.56. The highest BCUT2D eigenvalue weighted by atomic mass is 16.5. The summed E-state index contributed by atoms with van der Waals surface area (Å²) in [5, 5.41) is 0. The van der Waals surface area contributed by atoms with Crippen LogP contribution in [0.1, 0.15) is 6.42 Å². The van der Waals surface area contributed by atoms with E-state index in [1.807, 2.05) is 6.08 Å². The highest BCUT2D eigenvalue weighted by Crippen LogP contribution is 2.40. The number of carbonyl (C=O) groups excluding carboxylic acids is 2. The van der Waals surface area contributed by atoms with Gasteiger partial charge in [-0.05, 0) is 12.0 Å². The second-order valence-electron chi connectivity index (χ2n) is 4.33. The van der Waals surface area contributed by atoms with Crippen LogP contribution in [0.5, 0.6) is 0 Å². The van der Waals surface area contributed by atoms with Crippen LogP contribution in [0.4, 0.5) is 0 Å². The monoisotopic (exact) mass is 236 g/mol. The number of ether oxygens (including phenoxy) is 1. The quantitative estimate of drug-likeness (QED) is 0.542. The Morgan fingerprint density at radius 1 is 1.65 bits per heavy atom. The number of carbonyl (C=O) groups is 2. The molecule has 2 atom stereocenters. The number of fused-ring (bicyclic) bond motifs is 1. The van der Waals surface area contributed by atoms with Crippen LogP contribution in [0.25, 0.3) is 0 Å². The van der Waals surface area contributed by atoms with E-state index < -0.39 is 0 Å². The molecule has 0 aromatic rings. The van der Waals surface area contributed by atoms with Crippen LogP contribution >= 0.6 is 0 Å². The Morgan fingerprint density at radius 3 is 2.94 bits per heavy atom. The van der Waals surface area contributed by atoms with Gasteiger partial charge in [0.05, 0.1) is 18.6 Å². The molecule has 2 N–H and O–H groups in total. The highest BCUT2D eigenvalue weighted by Gasteiger charge is 2.43. The molecule has 1 heterocycles. The first-order chi connectivity index (χ1) is 8.10. The van der Waals surface area contributed by atoms with Gasteiger partial charge in [0, 0.05) is 25.7 Å². The predicted molar refractivity (Wildman–Crippen MR) is 61.6 cm³/mol. The van der Waals surface area contributed by atoms with Crippen molar-refractivity contribution in [1.82, 2.24) is 4.90 Å². The first-order valence-corrected chi connectivity index (χ1v) is 5.55. The molecule has 2 aliphatic rings. The smallest absolute Gasteiger partial charge is 0.335 e. The van der Waals surface area contributed by atoms with E-state index in [1.54, 1.807) is 13.2 Å². The van der Waals surface area contributed by atoms with E-state index in [0.717, 1.165) is 5.57 Å². The van der Waals surface area contributed by atoms with Gasteiger partial charge >= 0.3 is 5.97 Å². The van der Waals surface area contributed by atoms with Crippen LogP contribution in [0, 0.1) is 11.8 Å². The molecule has 17 heavy (non-hydrogen) atoms. The molecule has 0 aromatic heterocycles. The number of nitrogens with zero attached hydrogens (tertiary/aromatic N) is 1. The minimum absolute atomic E-state index is 0.00291. The molecule has 0 saturated carbocycles. The number of hydrogen-bond acceptors (Lipinski definition) is 4. The summed E-state index contributed by atoms with van der Waals surface area (Å²) in [5.74, 6) is -0.767. The Balaban J connectivity index is 2.37. The molecule has 0 bridgehead atoms. The van der Waals surface area contributed by atoms with E-state index in [9.17, 15) is 9.59 Å². The number of nitrogens with two attached hydrogens (primary N) is 1. The van der Waals surface area contributed by atoms with Crippen molar-refractivity contribution in [3.05, 3.63) is 23.4 Å². The van der Waals surface area contributed by atoms with Crippen molar-refractivity contribution in [2.45, 2.75) is 6.42 Å². The molecule has 0 saturated heterocycles. The van der Waals surface area contributed by atoms with Crippen LogP contribution in [-0.2, 0) is 14.3 Å². The number of esters is 1. The van der Waals surface area contributed by atoms with Crippen LogP contribution < -0.4 is 5.73 Å². The lowest BCUT2D eigenvalue weighted by atomic mass is 9.82. The second-order valence-corrected chi connectivity index (χ2v) is 4.33. The van der Waals surface area contributed by atoms with Gasteiger partial charge in [-0.2, -0.15) is 0 Å². The lowest BCUT2D eigenvalue weighted by molar-refractivity contribution is -0.138. The van der Waals surface area contributed by atoms with Gasteiger partial charge in [-0.15, -0.1) is 0 Å². The van der Waals surface area contributed by atoms with Crippen molar-refractivity contribution < 1.29 is 14.3 Å². The van der Waals surface area contributed by atoms with Crippen LogP contribution in [0.15, 0.2) is 23.4 Å². The molecule has 2 rings (SSSR count). The van der Waals surface area contributed by atoms with Crippen molar-refractivity contribution in [1.29, 1.82) is 0 Å². The van der Waals surface area contributed by atoms with Gasteiger partial charge in [-0.1, -0.05) is 6.08 Å². The van der Waals surface area contributed by atoms with Crippen LogP contribution in [0.2, 0.25) is 0 Å². The summed E-state index contributed by atoms with van der Waals surface area (Å²) in [6, 6.07) is 0. The van der Waals surface area contributed by atoms with Gasteiger partial charge in [0.15, 0.2) is 0 Å². The van der Waals surface area contributed by atoms with E-state index in [2.05, 4.69) is 0 Å². The maximum atomic E-state index is 12.1. The zero-order valence-electron chi connectivity index (χ0n) is 9.97. The zero-order chi connectivity index (χ0) is 12.6. The van der Waals surface area contributed by atoms with Gasteiger partial charge < -0.3 is 15.4 Å². The predicted octanol–water partition coefficient (Wildman–Crippen LogP) is 0.0365. The molecule has 0 aromatic carbocycles. The van der Waals surface area contributed by atoms with E-state index in [4.69, 9.17) is 10.5 Å². The molecule has 92 valence electrons. The van der Waals surface area contributed by atoms with Crippen molar-refractivity contribution in [3.63, 3.8) is 0 Å². The standard InChI is InChI=1S/C12H16N2O3/c1-14-6-9(12(16)17-2)8-4-3-7(5-13)10(8)11(14)15/h3,6,8,10H,4-5,13H2,1-2H3. The summed E-state index contributed by atoms with van der Waals surface area (Å²) >= 11 is 0. The molecule has 5 heteroatoms. The minimum Gasteiger partial charge on any atom is -0.466 e. The van der Waals surface area contributed by atoms with E-state index in [0.29, 0.717) is 18.5 Å². The number of rotatable bonds is 2. The minimum atomic E-state index is -0.369. The first-order valence-electron chi connectivity index (χ1n) is 5.55. The fourth-order valence-electron chi connectivity index (χ4n) is 2.56. The Hall–Kier alpha value is -1.62. The van der Waals surface area contributed by atoms with Crippen LogP contribution in [-0.4, -0.2) is 37.5 Å². The lowest BCUT2D eigenvalue weighted by Crippen LogP contribution is -2.40. The van der Waals surface area contributed by atoms with Gasteiger partial charge in [0.25, 0.3) is 0 Å². The molecule has 2 unspecified atom stereocenters. The molecule has 0 fully saturated rings. The molecule has 0 radical (unpaired) electrons. The number of hydrogen-bond donors (Lipinski definition) is 1. The number of allylic oxidation sites excluding steroid dienone is 1. The number of amides is 1. The van der Waals surface area contributed by atoms with Gasteiger partial charge in [-0.3, -0.25) is 4.79 Å². The zero-order valence-corrected chi connectivity index (χ0v) is 9.97. The first kappa shape index (κ1) is 11.9. The van der Waals surface area contributed by atoms with Gasteiger partial charge in [0.1, 0.15) is 0 Å². The van der Waals surface area contributed by atoms with Crippen molar-refractivity contribution >= 4 is 11.9 Å². The Kier molecular flexibility index (Phi) is 3.02. The molecule has 1 amide bonds. The summed E-state index contributed by atoms with van der Waals surface area (Å²) in [7, 11) is 2.99. The largest absolute Gasteiger partial charge is 0.466 e.